The minimum atomic E-state index is -0.530. The van der Waals surface area contributed by atoms with E-state index in [2.05, 4.69) is 21.2 Å². The predicted octanol–water partition coefficient (Wildman–Crippen LogP) is 3.64. The van der Waals surface area contributed by atoms with E-state index in [0.717, 1.165) is 10.0 Å². The molecule has 0 bridgehead atoms. The topological polar surface area (TPSA) is 58.6 Å². The summed E-state index contributed by atoms with van der Waals surface area (Å²) in [6.07, 6.45) is 0.478. The molecule has 1 saturated heterocycles. The van der Waals surface area contributed by atoms with Gasteiger partial charge in [0.05, 0.1) is 11.0 Å². The maximum absolute atomic E-state index is 12.4. The fraction of sp³-hybridized carbons (Fsp3) is 0.222. The smallest absolute Gasteiger partial charge is 0.324 e. The normalized spacial score (nSPS) is 16.9. The zero-order chi connectivity index (χ0) is 17.8. The maximum Gasteiger partial charge on any atom is 0.324 e. The number of benzene rings is 2. The van der Waals surface area contributed by atoms with Crippen LogP contribution < -0.4 is 10.1 Å². The van der Waals surface area contributed by atoms with E-state index in [1.807, 2.05) is 30.3 Å². The summed E-state index contributed by atoms with van der Waals surface area (Å²) < 4.78 is 6.35. The minimum Gasteiger partial charge on any atom is -0.491 e. The lowest BCUT2D eigenvalue weighted by atomic mass is 10.1. The molecular formula is C18H16BrClN2O3. The number of rotatable bonds is 6. The van der Waals surface area contributed by atoms with Crippen LogP contribution in [0.4, 0.5) is 4.79 Å². The summed E-state index contributed by atoms with van der Waals surface area (Å²) in [6.45, 7) is 0.391. The summed E-state index contributed by atoms with van der Waals surface area (Å²) in [7, 11) is 0. The molecule has 2 aromatic carbocycles. The van der Waals surface area contributed by atoms with Gasteiger partial charge in [-0.05, 0) is 39.7 Å². The number of hydrogen-bond donors (Lipinski definition) is 1. The number of halogens is 2. The molecule has 0 aliphatic carbocycles. The molecule has 1 unspecified atom stereocenters. The summed E-state index contributed by atoms with van der Waals surface area (Å²) in [6, 6.07) is 13.9. The first kappa shape index (κ1) is 17.8. The van der Waals surface area contributed by atoms with E-state index in [9.17, 15) is 9.59 Å². The van der Waals surface area contributed by atoms with Crippen LogP contribution in [-0.4, -0.2) is 36.0 Å². The molecule has 1 atom stereocenters. The van der Waals surface area contributed by atoms with Gasteiger partial charge in [-0.3, -0.25) is 9.69 Å². The molecule has 0 radical (unpaired) electrons. The lowest BCUT2D eigenvalue weighted by Crippen LogP contribution is -2.35. The van der Waals surface area contributed by atoms with Crippen LogP contribution in [0.1, 0.15) is 5.56 Å². The zero-order valence-corrected chi connectivity index (χ0v) is 15.6. The third-order valence-electron chi connectivity index (χ3n) is 3.86. The predicted molar refractivity (Wildman–Crippen MR) is 98.8 cm³/mol. The summed E-state index contributed by atoms with van der Waals surface area (Å²) in [5, 5.41) is 3.32. The van der Waals surface area contributed by atoms with Crippen molar-refractivity contribution in [1.29, 1.82) is 0 Å². The Kier molecular flexibility index (Phi) is 5.60. The number of hydrogen-bond acceptors (Lipinski definition) is 3. The average Bonchev–Trinajstić information content (AvgIpc) is 2.85. The monoisotopic (exact) mass is 422 g/mol. The Morgan fingerprint density at radius 1 is 1.16 bits per heavy atom. The average molecular weight is 424 g/mol. The number of ether oxygens (including phenoxy) is 1. The summed E-state index contributed by atoms with van der Waals surface area (Å²) >= 11 is 9.25. The quantitative estimate of drug-likeness (QED) is 0.722. The molecule has 0 aromatic heterocycles. The van der Waals surface area contributed by atoms with Crippen LogP contribution in [-0.2, 0) is 11.2 Å². The van der Waals surface area contributed by atoms with Crippen molar-refractivity contribution in [3.8, 4) is 5.75 Å². The van der Waals surface area contributed by atoms with Crippen molar-refractivity contribution >= 4 is 39.5 Å². The number of carbonyl (C=O) groups is 2. The van der Waals surface area contributed by atoms with Gasteiger partial charge in [0.15, 0.2) is 0 Å². The van der Waals surface area contributed by atoms with Crippen LogP contribution in [0, 0.1) is 0 Å². The number of amides is 3. The number of nitrogens with one attached hydrogen (secondary N) is 1. The highest BCUT2D eigenvalue weighted by Crippen LogP contribution is 2.28. The van der Waals surface area contributed by atoms with Gasteiger partial charge >= 0.3 is 6.03 Å². The van der Waals surface area contributed by atoms with Crippen molar-refractivity contribution < 1.29 is 14.3 Å². The van der Waals surface area contributed by atoms with Gasteiger partial charge in [0.1, 0.15) is 18.4 Å². The van der Waals surface area contributed by atoms with E-state index < -0.39 is 6.04 Å². The molecule has 2 aromatic rings. The Balaban J connectivity index is 1.55. The number of urea groups is 1. The third kappa shape index (κ3) is 4.32. The highest BCUT2D eigenvalue weighted by atomic mass is 79.9. The number of nitrogens with zero attached hydrogens (tertiary/aromatic N) is 1. The maximum atomic E-state index is 12.4. The van der Waals surface area contributed by atoms with Crippen molar-refractivity contribution in [2.75, 3.05) is 13.2 Å². The van der Waals surface area contributed by atoms with Crippen LogP contribution in [0.3, 0.4) is 0 Å². The highest BCUT2D eigenvalue weighted by molar-refractivity contribution is 9.10. The van der Waals surface area contributed by atoms with Crippen molar-refractivity contribution in [3.05, 3.63) is 63.6 Å². The molecule has 1 aliphatic rings. The first-order chi connectivity index (χ1) is 12.0. The Morgan fingerprint density at radius 3 is 2.64 bits per heavy atom. The van der Waals surface area contributed by atoms with Crippen molar-refractivity contribution in [2.45, 2.75) is 12.5 Å². The third-order valence-corrected chi connectivity index (χ3v) is 4.71. The van der Waals surface area contributed by atoms with E-state index in [0.29, 0.717) is 17.2 Å². The standard InChI is InChI=1S/C18H16BrClN2O3/c19-14-11-13(20)6-7-16(14)25-9-8-22-17(23)15(21-18(22)24)10-12-4-2-1-3-5-12/h1-7,11,15H,8-10H2,(H,21,24). The van der Waals surface area contributed by atoms with E-state index in [1.165, 1.54) is 4.90 Å². The van der Waals surface area contributed by atoms with Gasteiger partial charge in [0.25, 0.3) is 5.91 Å². The van der Waals surface area contributed by atoms with Crippen LogP contribution >= 0.6 is 27.5 Å². The molecule has 7 heteroatoms. The Labute approximate surface area is 159 Å². The van der Waals surface area contributed by atoms with E-state index in [4.69, 9.17) is 16.3 Å². The second-order valence-electron chi connectivity index (χ2n) is 5.60. The first-order valence-corrected chi connectivity index (χ1v) is 8.95. The summed E-state index contributed by atoms with van der Waals surface area (Å²) in [5.74, 6) is 0.380. The fourth-order valence-electron chi connectivity index (χ4n) is 2.62. The summed E-state index contributed by atoms with van der Waals surface area (Å²) in [4.78, 5) is 25.7. The molecule has 130 valence electrons. The fourth-order valence-corrected chi connectivity index (χ4v) is 3.41. The van der Waals surface area contributed by atoms with Crippen LogP contribution in [0.2, 0.25) is 5.02 Å². The number of imide groups is 1. The summed E-state index contributed by atoms with van der Waals surface area (Å²) in [5.41, 5.74) is 1.00. The lowest BCUT2D eigenvalue weighted by molar-refractivity contribution is -0.127. The SMILES string of the molecule is O=C1NC(Cc2ccccc2)C(=O)N1CCOc1ccc(Cl)cc1Br. The van der Waals surface area contributed by atoms with Gasteiger partial charge in [-0.1, -0.05) is 41.9 Å². The molecule has 0 spiro atoms. The van der Waals surface area contributed by atoms with E-state index in [1.54, 1.807) is 18.2 Å². The van der Waals surface area contributed by atoms with Crippen LogP contribution in [0.25, 0.3) is 0 Å². The number of carbonyl (C=O) groups excluding carboxylic acids is 2. The van der Waals surface area contributed by atoms with Gasteiger partial charge in [-0.15, -0.1) is 0 Å². The molecule has 5 nitrogen and oxygen atoms in total. The van der Waals surface area contributed by atoms with Gasteiger partial charge in [-0.25, -0.2) is 4.79 Å². The van der Waals surface area contributed by atoms with Gasteiger partial charge < -0.3 is 10.1 Å². The second-order valence-corrected chi connectivity index (χ2v) is 6.90. The van der Waals surface area contributed by atoms with E-state index in [-0.39, 0.29) is 25.1 Å². The molecule has 1 heterocycles. The van der Waals surface area contributed by atoms with Gasteiger partial charge in [-0.2, -0.15) is 0 Å². The molecule has 0 saturated carbocycles. The Hall–Kier alpha value is -2.05. The van der Waals surface area contributed by atoms with Crippen LogP contribution in [0.5, 0.6) is 5.75 Å². The minimum absolute atomic E-state index is 0.186. The Morgan fingerprint density at radius 2 is 1.92 bits per heavy atom. The molecule has 1 N–H and O–H groups in total. The van der Waals surface area contributed by atoms with Crippen molar-refractivity contribution in [1.82, 2.24) is 10.2 Å². The molecule has 25 heavy (non-hydrogen) atoms. The van der Waals surface area contributed by atoms with Crippen LogP contribution in [0.15, 0.2) is 53.0 Å². The highest BCUT2D eigenvalue weighted by Gasteiger charge is 2.37. The largest absolute Gasteiger partial charge is 0.491 e. The molecular weight excluding hydrogens is 408 g/mol. The van der Waals surface area contributed by atoms with Gasteiger partial charge in [0, 0.05) is 11.4 Å². The van der Waals surface area contributed by atoms with Crippen molar-refractivity contribution in [3.63, 3.8) is 0 Å². The molecule has 1 aliphatic heterocycles. The molecule has 3 rings (SSSR count). The molecule has 1 fully saturated rings. The van der Waals surface area contributed by atoms with Gasteiger partial charge in [0.2, 0.25) is 0 Å². The first-order valence-electron chi connectivity index (χ1n) is 7.78. The zero-order valence-electron chi connectivity index (χ0n) is 13.2. The molecule has 3 amide bonds. The van der Waals surface area contributed by atoms with Crippen molar-refractivity contribution in [2.24, 2.45) is 0 Å². The van der Waals surface area contributed by atoms with E-state index >= 15 is 0 Å². The lowest BCUT2D eigenvalue weighted by Gasteiger charge is -2.14. The Bertz CT molecular complexity index is 785. The second kappa shape index (κ2) is 7.89.